The number of nitrogens with two attached hydrogens (primary N) is 1. The molecule has 0 aliphatic heterocycles. The Morgan fingerprint density at radius 2 is 1.57 bits per heavy atom. The highest BCUT2D eigenvalue weighted by Gasteiger charge is 2.42. The van der Waals surface area contributed by atoms with Crippen LogP contribution in [0.5, 0.6) is 0 Å². The molecule has 1 amide bonds. The van der Waals surface area contributed by atoms with Gasteiger partial charge in [0.25, 0.3) is 0 Å². The molecule has 4 nitrogen and oxygen atoms in total. The van der Waals surface area contributed by atoms with Crippen LogP contribution >= 0.6 is 0 Å². The summed E-state index contributed by atoms with van der Waals surface area (Å²) in [4.78, 5) is 13.2. The molecule has 2 aromatic carbocycles. The summed E-state index contributed by atoms with van der Waals surface area (Å²) in [6.45, 7) is 1.32. The van der Waals surface area contributed by atoms with Gasteiger partial charge in [-0.25, -0.2) is 4.39 Å². The molecule has 192 valence electrons. The van der Waals surface area contributed by atoms with E-state index in [4.69, 9.17) is 10.5 Å². The van der Waals surface area contributed by atoms with Gasteiger partial charge in [-0.2, -0.15) is 26.3 Å². The fraction of sp³-hybridized carbons (Fsp3) is 0.458. The van der Waals surface area contributed by atoms with Crippen LogP contribution in [0, 0.1) is 5.82 Å². The highest BCUT2D eigenvalue weighted by molar-refractivity contribution is 5.75. The molecule has 3 unspecified atom stereocenters. The van der Waals surface area contributed by atoms with Crippen molar-refractivity contribution in [2.45, 2.75) is 56.3 Å². The van der Waals surface area contributed by atoms with Gasteiger partial charge in [-0.05, 0) is 68.3 Å². The van der Waals surface area contributed by atoms with Crippen molar-refractivity contribution in [3.05, 3.63) is 70.5 Å². The lowest BCUT2D eigenvalue weighted by molar-refractivity contribution is -0.143. The van der Waals surface area contributed by atoms with Crippen LogP contribution in [0.4, 0.5) is 30.7 Å². The molecule has 0 aromatic heterocycles. The van der Waals surface area contributed by atoms with E-state index in [-0.39, 0.29) is 24.2 Å². The summed E-state index contributed by atoms with van der Waals surface area (Å²) >= 11 is 0. The van der Waals surface area contributed by atoms with Gasteiger partial charge in [-0.3, -0.25) is 9.69 Å². The number of hydrogen-bond donors (Lipinski definition) is 1. The van der Waals surface area contributed by atoms with E-state index in [1.165, 1.54) is 19.1 Å². The molecule has 1 aliphatic carbocycles. The number of amides is 1. The summed E-state index contributed by atoms with van der Waals surface area (Å²) in [6, 6.07) is 6.70. The molecule has 0 spiro atoms. The van der Waals surface area contributed by atoms with E-state index in [1.807, 2.05) is 0 Å². The normalized spacial score (nSPS) is 21.9. The van der Waals surface area contributed by atoms with Crippen LogP contribution in [-0.4, -0.2) is 36.5 Å². The van der Waals surface area contributed by atoms with Crippen molar-refractivity contribution >= 4 is 5.91 Å². The van der Waals surface area contributed by atoms with Crippen molar-refractivity contribution < 1.29 is 40.3 Å². The Bertz CT molecular complexity index is 1010. The maximum Gasteiger partial charge on any atom is 0.416 e. The van der Waals surface area contributed by atoms with E-state index in [0.717, 1.165) is 0 Å². The number of benzene rings is 2. The van der Waals surface area contributed by atoms with Crippen molar-refractivity contribution in [3.8, 4) is 0 Å². The maximum absolute atomic E-state index is 13.5. The van der Waals surface area contributed by atoms with Gasteiger partial charge in [0.2, 0.25) is 5.91 Å². The second-order valence-electron chi connectivity index (χ2n) is 8.76. The predicted molar refractivity (Wildman–Crippen MR) is 114 cm³/mol. The number of likely N-dealkylation sites (N-methyl/N-ethyl adjacent to an activating group) is 1. The van der Waals surface area contributed by atoms with Gasteiger partial charge in [-0.1, -0.05) is 12.1 Å². The Kier molecular flexibility index (Phi) is 7.80. The summed E-state index contributed by atoms with van der Waals surface area (Å²) in [7, 11) is 1.68. The topological polar surface area (TPSA) is 55.6 Å². The van der Waals surface area contributed by atoms with Crippen molar-refractivity contribution in [1.82, 2.24) is 4.90 Å². The average Bonchev–Trinajstić information content (AvgIpc) is 3.16. The number of ether oxygens (including phenoxy) is 1. The second-order valence-corrected chi connectivity index (χ2v) is 8.76. The Labute approximate surface area is 197 Å². The zero-order valence-corrected chi connectivity index (χ0v) is 19.0. The first-order valence-corrected chi connectivity index (χ1v) is 10.9. The van der Waals surface area contributed by atoms with Crippen LogP contribution in [0.1, 0.15) is 54.0 Å². The molecular formula is C24H25F7N2O2. The number of carbonyl (C=O) groups is 1. The van der Waals surface area contributed by atoms with E-state index in [0.29, 0.717) is 30.5 Å². The SMILES string of the molecule is C[C@H](OC1CCC(N(C)CC(N)=O)C1c1ccc(F)cc1)c1cc(C(F)(F)F)cc(C(F)(F)F)c1. The largest absolute Gasteiger partial charge is 0.416 e. The molecule has 0 bridgehead atoms. The summed E-state index contributed by atoms with van der Waals surface area (Å²) in [6.07, 6.45) is -10.7. The number of nitrogens with zero attached hydrogens (tertiary/aromatic N) is 1. The van der Waals surface area contributed by atoms with Crippen molar-refractivity contribution in [2.24, 2.45) is 5.73 Å². The van der Waals surface area contributed by atoms with Crippen molar-refractivity contribution in [2.75, 3.05) is 13.6 Å². The molecule has 1 saturated carbocycles. The van der Waals surface area contributed by atoms with Crippen LogP contribution in [-0.2, 0) is 21.9 Å². The van der Waals surface area contributed by atoms with Gasteiger partial charge in [0.15, 0.2) is 0 Å². The fourth-order valence-electron chi connectivity index (χ4n) is 4.63. The van der Waals surface area contributed by atoms with Crippen LogP contribution in [0.2, 0.25) is 0 Å². The molecule has 0 saturated heterocycles. The minimum Gasteiger partial charge on any atom is -0.370 e. The molecule has 3 rings (SSSR count). The monoisotopic (exact) mass is 506 g/mol. The Morgan fingerprint density at radius 1 is 1.03 bits per heavy atom. The van der Waals surface area contributed by atoms with Gasteiger partial charge >= 0.3 is 12.4 Å². The summed E-state index contributed by atoms with van der Waals surface area (Å²) in [5.74, 6) is -1.45. The third kappa shape index (κ3) is 6.52. The minimum absolute atomic E-state index is 0.0623. The molecule has 2 aromatic rings. The molecule has 0 radical (unpaired) electrons. The van der Waals surface area contributed by atoms with Gasteiger partial charge in [0, 0.05) is 12.0 Å². The number of carbonyl (C=O) groups excluding carboxylic acids is 1. The quantitative estimate of drug-likeness (QED) is 0.493. The first kappa shape index (κ1) is 26.9. The lowest BCUT2D eigenvalue weighted by Gasteiger charge is -2.33. The highest BCUT2D eigenvalue weighted by atomic mass is 19.4. The van der Waals surface area contributed by atoms with Crippen LogP contribution in [0.15, 0.2) is 42.5 Å². The van der Waals surface area contributed by atoms with Crippen LogP contribution < -0.4 is 5.73 Å². The summed E-state index contributed by atoms with van der Waals surface area (Å²) in [5, 5.41) is 0. The third-order valence-corrected chi connectivity index (χ3v) is 6.25. The van der Waals surface area contributed by atoms with E-state index >= 15 is 0 Å². The van der Waals surface area contributed by atoms with E-state index in [1.54, 1.807) is 24.1 Å². The van der Waals surface area contributed by atoms with Gasteiger partial charge in [-0.15, -0.1) is 0 Å². The molecule has 2 N–H and O–H groups in total. The number of primary amides is 1. The predicted octanol–water partition coefficient (Wildman–Crippen LogP) is 5.67. The summed E-state index contributed by atoms with van der Waals surface area (Å²) < 4.78 is 99.3. The van der Waals surface area contributed by atoms with Gasteiger partial charge in [0.1, 0.15) is 5.82 Å². The van der Waals surface area contributed by atoms with E-state index in [2.05, 4.69) is 0 Å². The smallest absolute Gasteiger partial charge is 0.370 e. The second kappa shape index (κ2) is 10.1. The fourth-order valence-corrected chi connectivity index (χ4v) is 4.63. The Morgan fingerprint density at radius 3 is 2.06 bits per heavy atom. The molecule has 11 heteroatoms. The molecule has 1 fully saturated rings. The lowest BCUT2D eigenvalue weighted by Crippen LogP contribution is -2.41. The van der Waals surface area contributed by atoms with Crippen LogP contribution in [0.25, 0.3) is 0 Å². The summed E-state index contributed by atoms with van der Waals surface area (Å²) in [5.41, 5.74) is 2.88. The van der Waals surface area contributed by atoms with E-state index < -0.39 is 53.3 Å². The first-order valence-electron chi connectivity index (χ1n) is 10.9. The maximum atomic E-state index is 13.5. The lowest BCUT2D eigenvalue weighted by atomic mass is 9.91. The number of hydrogen-bond acceptors (Lipinski definition) is 3. The van der Waals surface area contributed by atoms with E-state index in [9.17, 15) is 35.5 Å². The van der Waals surface area contributed by atoms with Crippen molar-refractivity contribution in [1.29, 1.82) is 0 Å². The first-order chi connectivity index (χ1) is 16.2. The van der Waals surface area contributed by atoms with Gasteiger partial charge in [0.05, 0.1) is 29.9 Å². The molecule has 1 aliphatic rings. The molecule has 35 heavy (non-hydrogen) atoms. The Hall–Kier alpha value is -2.66. The molecule has 4 atom stereocenters. The minimum atomic E-state index is -4.97. The third-order valence-electron chi connectivity index (χ3n) is 6.25. The molecular weight excluding hydrogens is 481 g/mol. The number of alkyl halides is 6. The van der Waals surface area contributed by atoms with Gasteiger partial charge < -0.3 is 10.5 Å². The van der Waals surface area contributed by atoms with Crippen LogP contribution in [0.3, 0.4) is 0 Å². The highest BCUT2D eigenvalue weighted by Crippen LogP contribution is 2.43. The standard InChI is InChI=1S/C24H25F7N2O2/c1-13(15-9-16(23(26,27)28)11-17(10-15)24(29,30)31)35-20-8-7-19(33(2)12-21(32)34)22(20)14-3-5-18(25)6-4-14/h3-6,9-11,13,19-20,22H,7-8,12H2,1-2H3,(H2,32,34)/t13-,19?,20?,22?/m0/s1. The number of rotatable bonds is 7. The Balaban J connectivity index is 1.94. The average molecular weight is 506 g/mol. The zero-order chi connectivity index (χ0) is 26.1. The number of halogens is 7. The van der Waals surface area contributed by atoms with Crippen molar-refractivity contribution in [3.63, 3.8) is 0 Å². The zero-order valence-electron chi connectivity index (χ0n) is 19.0. The molecule has 0 heterocycles.